The van der Waals surface area contributed by atoms with Crippen LogP contribution in [0.15, 0.2) is 42.5 Å². The molecule has 0 saturated heterocycles. The highest BCUT2D eigenvalue weighted by Gasteiger charge is 2.08. The highest BCUT2D eigenvalue weighted by Crippen LogP contribution is 2.13. The minimum atomic E-state index is -0.331. The van der Waals surface area contributed by atoms with E-state index in [1.54, 1.807) is 31.2 Å². The Hall–Kier alpha value is -2.27. The van der Waals surface area contributed by atoms with Crippen LogP contribution in [0.25, 0.3) is 0 Å². The van der Waals surface area contributed by atoms with Gasteiger partial charge in [-0.15, -0.1) is 0 Å². The lowest BCUT2D eigenvalue weighted by Crippen LogP contribution is -2.13. The van der Waals surface area contributed by atoms with Gasteiger partial charge in [0.1, 0.15) is 10.8 Å². The van der Waals surface area contributed by atoms with Crippen molar-refractivity contribution >= 4 is 28.8 Å². The molecule has 0 unspecified atom stereocenters. The summed E-state index contributed by atoms with van der Waals surface area (Å²) >= 11 is 4.85. The van der Waals surface area contributed by atoms with E-state index in [0.29, 0.717) is 21.8 Å². The molecule has 1 amide bonds. The monoisotopic (exact) mass is 288 g/mol. The first-order chi connectivity index (χ1) is 9.47. The molecule has 0 aliphatic rings. The number of anilines is 1. The Labute approximate surface area is 121 Å². The van der Waals surface area contributed by atoms with Crippen LogP contribution in [0.1, 0.15) is 21.5 Å². The first-order valence-electron chi connectivity index (χ1n) is 5.95. The molecule has 3 nitrogen and oxygen atoms in total. The molecule has 0 aliphatic carbocycles. The summed E-state index contributed by atoms with van der Waals surface area (Å²) in [6, 6.07) is 11.1. The van der Waals surface area contributed by atoms with Crippen molar-refractivity contribution in [1.29, 1.82) is 0 Å². The van der Waals surface area contributed by atoms with Crippen LogP contribution in [0.3, 0.4) is 0 Å². The van der Waals surface area contributed by atoms with Crippen molar-refractivity contribution in [2.45, 2.75) is 6.92 Å². The second-order valence-corrected chi connectivity index (χ2v) is 4.80. The molecule has 0 heterocycles. The van der Waals surface area contributed by atoms with Crippen LogP contribution in [-0.2, 0) is 0 Å². The number of nitrogens with two attached hydrogens (primary N) is 1. The Morgan fingerprint density at radius 1 is 1.15 bits per heavy atom. The van der Waals surface area contributed by atoms with Crippen LogP contribution in [0.2, 0.25) is 0 Å². The smallest absolute Gasteiger partial charge is 0.255 e. The fraction of sp³-hybridized carbons (Fsp3) is 0.0667. The third-order valence-corrected chi connectivity index (χ3v) is 3.08. The third kappa shape index (κ3) is 3.19. The summed E-state index contributed by atoms with van der Waals surface area (Å²) in [6.07, 6.45) is 0. The fourth-order valence-electron chi connectivity index (χ4n) is 1.71. The van der Waals surface area contributed by atoms with E-state index < -0.39 is 0 Å². The number of amides is 1. The van der Waals surface area contributed by atoms with Crippen LogP contribution < -0.4 is 11.1 Å². The summed E-state index contributed by atoms with van der Waals surface area (Å²) < 4.78 is 13.2. The Bertz CT molecular complexity index is 668. The molecule has 0 saturated carbocycles. The van der Waals surface area contributed by atoms with Crippen LogP contribution in [0.4, 0.5) is 10.1 Å². The van der Waals surface area contributed by atoms with Crippen LogP contribution in [0.5, 0.6) is 0 Å². The molecular formula is C15H13FN2OS. The number of carbonyl (C=O) groups excluding carboxylic acids is 1. The van der Waals surface area contributed by atoms with E-state index in [2.05, 4.69) is 5.32 Å². The molecule has 3 N–H and O–H groups in total. The van der Waals surface area contributed by atoms with Gasteiger partial charge in [-0.05, 0) is 55.0 Å². The number of hydrogen-bond donors (Lipinski definition) is 2. The van der Waals surface area contributed by atoms with E-state index in [1.807, 2.05) is 0 Å². The molecule has 0 spiro atoms. The van der Waals surface area contributed by atoms with Crippen molar-refractivity contribution in [2.75, 3.05) is 5.32 Å². The van der Waals surface area contributed by atoms with Gasteiger partial charge in [-0.1, -0.05) is 12.2 Å². The molecule has 0 radical (unpaired) electrons. The number of hydrogen-bond acceptors (Lipinski definition) is 2. The minimum absolute atomic E-state index is 0.295. The largest absolute Gasteiger partial charge is 0.389 e. The number of halogens is 1. The van der Waals surface area contributed by atoms with Gasteiger partial charge in [0.05, 0.1) is 0 Å². The average Bonchev–Trinajstić information content (AvgIpc) is 2.42. The maximum atomic E-state index is 13.2. The lowest BCUT2D eigenvalue weighted by Gasteiger charge is -2.07. The molecule has 2 aromatic carbocycles. The Morgan fingerprint density at radius 3 is 2.30 bits per heavy atom. The molecule has 0 atom stereocenters. The molecule has 2 rings (SSSR count). The molecule has 0 aromatic heterocycles. The van der Waals surface area contributed by atoms with E-state index in [-0.39, 0.29) is 11.7 Å². The summed E-state index contributed by atoms with van der Waals surface area (Å²) in [7, 11) is 0. The SMILES string of the molecule is Cc1cc(C(=O)Nc2ccc(C(N)=S)cc2)ccc1F. The van der Waals surface area contributed by atoms with Crippen LogP contribution in [0, 0.1) is 12.7 Å². The van der Waals surface area contributed by atoms with Gasteiger partial charge >= 0.3 is 0 Å². The van der Waals surface area contributed by atoms with Gasteiger partial charge in [0, 0.05) is 16.8 Å². The quantitative estimate of drug-likeness (QED) is 0.854. The van der Waals surface area contributed by atoms with E-state index in [1.165, 1.54) is 18.2 Å². The zero-order valence-electron chi connectivity index (χ0n) is 10.8. The summed E-state index contributed by atoms with van der Waals surface area (Å²) in [5.74, 6) is -0.626. The second kappa shape index (κ2) is 5.79. The van der Waals surface area contributed by atoms with Crippen LogP contribution >= 0.6 is 12.2 Å². The lowest BCUT2D eigenvalue weighted by molar-refractivity contribution is 0.102. The van der Waals surface area contributed by atoms with E-state index >= 15 is 0 Å². The van der Waals surface area contributed by atoms with Crippen molar-refractivity contribution in [3.05, 3.63) is 65.0 Å². The lowest BCUT2D eigenvalue weighted by atomic mass is 10.1. The van der Waals surface area contributed by atoms with Gasteiger partial charge in [0.25, 0.3) is 5.91 Å². The topological polar surface area (TPSA) is 55.1 Å². The average molecular weight is 288 g/mol. The minimum Gasteiger partial charge on any atom is -0.389 e. The normalized spacial score (nSPS) is 10.1. The first-order valence-corrected chi connectivity index (χ1v) is 6.35. The molecule has 2 aromatic rings. The van der Waals surface area contributed by atoms with Crippen molar-refractivity contribution < 1.29 is 9.18 Å². The van der Waals surface area contributed by atoms with Crippen molar-refractivity contribution in [3.8, 4) is 0 Å². The molecule has 5 heteroatoms. The maximum absolute atomic E-state index is 13.2. The third-order valence-electron chi connectivity index (χ3n) is 2.85. The van der Waals surface area contributed by atoms with E-state index in [9.17, 15) is 9.18 Å². The maximum Gasteiger partial charge on any atom is 0.255 e. The summed E-state index contributed by atoms with van der Waals surface area (Å²) in [5.41, 5.74) is 7.69. The summed E-state index contributed by atoms with van der Waals surface area (Å²) in [6.45, 7) is 1.61. The summed E-state index contributed by atoms with van der Waals surface area (Å²) in [5, 5.41) is 2.73. The standard InChI is InChI=1S/C15H13FN2OS/c1-9-8-11(4-7-13(9)16)15(19)18-12-5-2-10(3-6-12)14(17)20/h2-8H,1H3,(H2,17,20)(H,18,19). The predicted octanol–water partition coefficient (Wildman–Crippen LogP) is 3.02. The number of benzene rings is 2. The number of thiocarbonyl (C=S) groups is 1. The molecular weight excluding hydrogens is 275 g/mol. The highest BCUT2D eigenvalue weighted by molar-refractivity contribution is 7.80. The highest BCUT2D eigenvalue weighted by atomic mass is 32.1. The van der Waals surface area contributed by atoms with E-state index in [4.69, 9.17) is 18.0 Å². The zero-order valence-corrected chi connectivity index (χ0v) is 11.6. The second-order valence-electron chi connectivity index (χ2n) is 4.36. The van der Waals surface area contributed by atoms with Crippen LogP contribution in [-0.4, -0.2) is 10.9 Å². The van der Waals surface area contributed by atoms with Gasteiger partial charge in [-0.25, -0.2) is 4.39 Å². The van der Waals surface area contributed by atoms with Gasteiger partial charge in [0.2, 0.25) is 0 Å². The van der Waals surface area contributed by atoms with E-state index in [0.717, 1.165) is 5.56 Å². The number of rotatable bonds is 3. The molecule has 0 fully saturated rings. The van der Waals surface area contributed by atoms with Gasteiger partial charge in [0.15, 0.2) is 0 Å². The van der Waals surface area contributed by atoms with Gasteiger partial charge in [-0.2, -0.15) is 0 Å². The first kappa shape index (κ1) is 14.1. The molecule has 20 heavy (non-hydrogen) atoms. The van der Waals surface area contributed by atoms with Gasteiger partial charge in [-0.3, -0.25) is 4.79 Å². The number of carbonyl (C=O) groups is 1. The molecule has 0 bridgehead atoms. The van der Waals surface area contributed by atoms with Crippen molar-refractivity contribution in [2.24, 2.45) is 5.73 Å². The molecule has 102 valence electrons. The Balaban J connectivity index is 2.14. The fourth-order valence-corrected chi connectivity index (χ4v) is 1.84. The molecule has 0 aliphatic heterocycles. The predicted molar refractivity (Wildman–Crippen MR) is 81.4 cm³/mol. The number of aryl methyl sites for hydroxylation is 1. The Kier molecular flexibility index (Phi) is 4.10. The Morgan fingerprint density at radius 2 is 1.75 bits per heavy atom. The van der Waals surface area contributed by atoms with Crippen molar-refractivity contribution in [3.63, 3.8) is 0 Å². The van der Waals surface area contributed by atoms with Gasteiger partial charge < -0.3 is 11.1 Å². The summed E-state index contributed by atoms with van der Waals surface area (Å²) in [4.78, 5) is 12.3. The number of nitrogens with one attached hydrogen (secondary N) is 1. The van der Waals surface area contributed by atoms with Crippen molar-refractivity contribution in [1.82, 2.24) is 0 Å². The zero-order chi connectivity index (χ0) is 14.7.